The lowest BCUT2D eigenvalue weighted by Gasteiger charge is -2.14. The molecule has 1 aliphatic rings. The van der Waals surface area contributed by atoms with Crippen LogP contribution in [0.25, 0.3) is 6.08 Å². The summed E-state index contributed by atoms with van der Waals surface area (Å²) in [5, 5.41) is 9.82. The molecule has 20 heavy (non-hydrogen) atoms. The van der Waals surface area contributed by atoms with Gasteiger partial charge in [0.1, 0.15) is 5.75 Å². The van der Waals surface area contributed by atoms with Gasteiger partial charge in [0, 0.05) is 10.0 Å². The predicted molar refractivity (Wildman–Crippen MR) is 81.9 cm³/mol. The number of hydrogen-bond acceptors (Lipinski definition) is 4. The van der Waals surface area contributed by atoms with Crippen LogP contribution in [0.4, 0.5) is 0 Å². The predicted octanol–water partition coefficient (Wildman–Crippen LogP) is 2.18. The Bertz CT molecular complexity index is 721. The van der Waals surface area contributed by atoms with Crippen molar-refractivity contribution in [1.82, 2.24) is 4.83 Å². The highest BCUT2D eigenvalue weighted by Crippen LogP contribution is 2.30. The summed E-state index contributed by atoms with van der Waals surface area (Å²) in [6.07, 6.45) is 7.03. The van der Waals surface area contributed by atoms with E-state index in [4.69, 9.17) is 5.84 Å². The molecule has 1 aromatic rings. The zero-order valence-electron chi connectivity index (χ0n) is 10.4. The molecule has 0 saturated heterocycles. The molecule has 1 aromatic carbocycles. The zero-order valence-corrected chi connectivity index (χ0v) is 12.8. The maximum absolute atomic E-state index is 11.9. The van der Waals surface area contributed by atoms with Crippen molar-refractivity contribution in [3.63, 3.8) is 0 Å². The number of aromatic hydroxyl groups is 1. The first-order valence-corrected chi connectivity index (χ1v) is 8.00. The van der Waals surface area contributed by atoms with Crippen molar-refractivity contribution in [3.8, 4) is 5.75 Å². The number of nitrogens with one attached hydrogen (secondary N) is 1. The molecule has 0 atom stereocenters. The summed E-state index contributed by atoms with van der Waals surface area (Å²) in [7, 11) is -3.74. The summed E-state index contributed by atoms with van der Waals surface area (Å²) < 4.78 is 24.5. The topological polar surface area (TPSA) is 92.4 Å². The summed E-state index contributed by atoms with van der Waals surface area (Å²) >= 11 is 3.31. The van der Waals surface area contributed by atoms with Crippen molar-refractivity contribution >= 4 is 32.0 Å². The van der Waals surface area contributed by atoms with Crippen LogP contribution in [-0.2, 0) is 10.0 Å². The fourth-order valence-corrected chi connectivity index (χ4v) is 3.09. The van der Waals surface area contributed by atoms with Crippen LogP contribution in [0.3, 0.4) is 0 Å². The Labute approximate surface area is 125 Å². The molecule has 0 saturated carbocycles. The number of allylic oxidation sites excluding steroid dienone is 4. The number of phenolic OH excluding ortho intramolecular Hbond substituents is 1. The highest BCUT2D eigenvalue weighted by atomic mass is 79.9. The Balaban J connectivity index is 2.51. The Morgan fingerprint density at radius 3 is 2.85 bits per heavy atom. The van der Waals surface area contributed by atoms with Crippen molar-refractivity contribution in [3.05, 3.63) is 56.9 Å². The van der Waals surface area contributed by atoms with Crippen molar-refractivity contribution in [2.24, 2.45) is 5.84 Å². The smallest absolute Gasteiger partial charge is 0.253 e. The van der Waals surface area contributed by atoms with E-state index in [9.17, 15) is 13.5 Å². The minimum Gasteiger partial charge on any atom is -0.507 e. The maximum Gasteiger partial charge on any atom is 0.253 e. The number of hydrazine groups is 1. The zero-order chi connectivity index (χ0) is 14.8. The molecule has 5 nitrogen and oxygen atoms in total. The summed E-state index contributed by atoms with van der Waals surface area (Å²) in [5.41, 5.74) is 1.08. The lowest BCUT2D eigenvalue weighted by molar-refractivity contribution is 0.474. The molecule has 106 valence electrons. The minimum absolute atomic E-state index is 0.0766. The molecule has 0 aromatic heterocycles. The van der Waals surface area contributed by atoms with Crippen LogP contribution in [0.15, 0.2) is 51.4 Å². The Morgan fingerprint density at radius 2 is 2.15 bits per heavy atom. The molecule has 0 radical (unpaired) electrons. The maximum atomic E-state index is 11.9. The molecular weight excluding hydrogens is 344 g/mol. The average Bonchev–Trinajstić information content (AvgIpc) is 2.43. The van der Waals surface area contributed by atoms with Crippen LogP contribution in [0.1, 0.15) is 12.0 Å². The van der Waals surface area contributed by atoms with Gasteiger partial charge in [0.25, 0.3) is 10.0 Å². The molecule has 4 N–H and O–H groups in total. The number of nitrogens with two attached hydrogens (primary N) is 1. The number of halogens is 1. The van der Waals surface area contributed by atoms with E-state index in [1.165, 1.54) is 12.1 Å². The van der Waals surface area contributed by atoms with E-state index < -0.39 is 10.0 Å². The number of phenols is 1. The van der Waals surface area contributed by atoms with Crippen LogP contribution >= 0.6 is 15.9 Å². The molecule has 7 heteroatoms. The summed E-state index contributed by atoms with van der Waals surface area (Å²) in [4.78, 5) is 1.91. The summed E-state index contributed by atoms with van der Waals surface area (Å²) in [5.74, 6) is 5.14. The Hall–Kier alpha value is -1.41. The first-order valence-electron chi connectivity index (χ1n) is 5.73. The number of hydrogen-bond donors (Lipinski definition) is 3. The SMILES string of the molecule is NNS(=O)(=O)C1=CC=CCC1=Cc1cc(Br)ccc1O. The van der Waals surface area contributed by atoms with Gasteiger partial charge in [-0.25, -0.2) is 8.42 Å². The molecular formula is C13H13BrN2O3S. The van der Waals surface area contributed by atoms with Crippen molar-refractivity contribution < 1.29 is 13.5 Å². The van der Waals surface area contributed by atoms with Gasteiger partial charge in [-0.2, -0.15) is 4.83 Å². The minimum atomic E-state index is -3.74. The largest absolute Gasteiger partial charge is 0.507 e. The number of rotatable bonds is 3. The molecule has 0 amide bonds. The van der Waals surface area contributed by atoms with Gasteiger partial charge in [-0.3, -0.25) is 5.84 Å². The van der Waals surface area contributed by atoms with Crippen LogP contribution in [0.5, 0.6) is 5.75 Å². The third kappa shape index (κ3) is 3.18. The van der Waals surface area contributed by atoms with Gasteiger partial charge in [-0.1, -0.05) is 28.1 Å². The number of sulfonamides is 1. The van der Waals surface area contributed by atoms with Gasteiger partial charge < -0.3 is 5.11 Å². The second kappa shape index (κ2) is 5.92. The van der Waals surface area contributed by atoms with Gasteiger partial charge in [0.05, 0.1) is 4.91 Å². The van der Waals surface area contributed by atoms with Gasteiger partial charge in [0.15, 0.2) is 0 Å². The van der Waals surface area contributed by atoms with Gasteiger partial charge >= 0.3 is 0 Å². The molecule has 0 unspecified atom stereocenters. The quantitative estimate of drug-likeness (QED) is 0.571. The van der Waals surface area contributed by atoms with Crippen molar-refractivity contribution in [1.29, 1.82) is 0 Å². The van der Waals surface area contributed by atoms with Gasteiger partial charge in [-0.15, -0.1) is 0 Å². The van der Waals surface area contributed by atoms with Crippen LogP contribution in [-0.4, -0.2) is 13.5 Å². The van der Waals surface area contributed by atoms with Gasteiger partial charge in [0.2, 0.25) is 0 Å². The van der Waals surface area contributed by atoms with Crippen molar-refractivity contribution in [2.45, 2.75) is 6.42 Å². The molecule has 0 heterocycles. The standard InChI is InChI=1S/C13H13BrN2O3S/c14-11-5-6-12(17)10(8-11)7-9-3-1-2-4-13(9)20(18,19)16-15/h1-2,4-8,16-17H,3,15H2. The van der Waals surface area contributed by atoms with Crippen LogP contribution < -0.4 is 10.7 Å². The fourth-order valence-electron chi connectivity index (χ4n) is 1.84. The van der Waals surface area contributed by atoms with Crippen LogP contribution in [0, 0.1) is 0 Å². The Kier molecular flexibility index (Phi) is 4.44. The van der Waals surface area contributed by atoms with E-state index in [1.54, 1.807) is 24.3 Å². The molecule has 1 aliphatic carbocycles. The van der Waals surface area contributed by atoms with E-state index >= 15 is 0 Å². The molecule has 0 fully saturated rings. The van der Waals surface area contributed by atoms with E-state index in [0.29, 0.717) is 17.6 Å². The van der Waals surface area contributed by atoms with Gasteiger partial charge in [-0.05, 0) is 42.3 Å². The normalized spacial score (nSPS) is 17.3. The fraction of sp³-hybridized carbons (Fsp3) is 0.0769. The first-order chi connectivity index (χ1) is 9.44. The van der Waals surface area contributed by atoms with Crippen molar-refractivity contribution in [2.75, 3.05) is 0 Å². The summed E-state index contributed by atoms with van der Waals surface area (Å²) in [6, 6.07) is 4.95. The highest BCUT2D eigenvalue weighted by molar-refractivity contribution is 9.10. The van der Waals surface area contributed by atoms with E-state index in [-0.39, 0.29) is 10.7 Å². The Morgan fingerprint density at radius 1 is 1.40 bits per heavy atom. The summed E-state index contributed by atoms with van der Waals surface area (Å²) in [6.45, 7) is 0. The molecule has 0 bridgehead atoms. The third-order valence-corrected chi connectivity index (χ3v) is 4.58. The molecule has 0 aliphatic heterocycles. The van der Waals surface area contributed by atoms with E-state index in [2.05, 4.69) is 15.9 Å². The first kappa shape index (κ1) is 15.0. The second-order valence-corrected chi connectivity index (χ2v) is 6.76. The average molecular weight is 357 g/mol. The highest BCUT2D eigenvalue weighted by Gasteiger charge is 2.21. The third-order valence-electron chi connectivity index (χ3n) is 2.80. The van der Waals surface area contributed by atoms with Crippen LogP contribution in [0.2, 0.25) is 0 Å². The lowest BCUT2D eigenvalue weighted by Crippen LogP contribution is -2.32. The van der Waals surface area contributed by atoms with E-state index in [1.807, 2.05) is 10.9 Å². The lowest BCUT2D eigenvalue weighted by atomic mass is 10.0. The molecule has 2 rings (SSSR count). The van der Waals surface area contributed by atoms with E-state index in [0.717, 1.165) is 4.47 Å². The number of benzene rings is 1. The molecule has 0 spiro atoms. The monoisotopic (exact) mass is 356 g/mol. The second-order valence-electron chi connectivity index (χ2n) is 4.16.